The predicted octanol–water partition coefficient (Wildman–Crippen LogP) is 3.99. The van der Waals surface area contributed by atoms with Crippen molar-refractivity contribution in [2.75, 3.05) is 18.5 Å². The Kier molecular flexibility index (Phi) is 3.72. The Hall–Kier alpha value is -2.76. The van der Waals surface area contributed by atoms with Crippen LogP contribution < -0.4 is 14.8 Å². The molecule has 0 spiro atoms. The van der Waals surface area contributed by atoms with Crippen molar-refractivity contribution in [2.45, 2.75) is 25.7 Å². The number of ether oxygens (including phenoxy) is 2. The van der Waals surface area contributed by atoms with Crippen molar-refractivity contribution < 1.29 is 14.4 Å². The minimum atomic E-state index is -0.273. The summed E-state index contributed by atoms with van der Waals surface area (Å²) in [5.74, 6) is 1.36. The molecule has 0 aromatic heterocycles. The summed E-state index contributed by atoms with van der Waals surface area (Å²) in [5.41, 5.74) is 3.44. The lowest BCUT2D eigenvalue weighted by Crippen LogP contribution is -2.15. The molecule has 0 saturated heterocycles. The molecule has 0 radical (unpaired) electrons. The molecule has 2 aromatic carbocycles. The fourth-order valence-electron chi connectivity index (χ4n) is 3.39. The van der Waals surface area contributed by atoms with Crippen molar-refractivity contribution in [1.29, 1.82) is 0 Å². The van der Waals surface area contributed by atoms with Crippen LogP contribution >= 0.6 is 0 Å². The van der Waals surface area contributed by atoms with E-state index in [2.05, 4.69) is 5.32 Å². The molecule has 0 fully saturated rings. The third kappa shape index (κ3) is 2.64. The van der Waals surface area contributed by atoms with Crippen LogP contribution in [0, 0.1) is 10.1 Å². The molecule has 6 heteroatoms. The average molecular weight is 326 g/mol. The second-order valence-electron chi connectivity index (χ2n) is 6.05. The number of rotatable bonds is 3. The molecule has 2 aromatic rings. The molecule has 0 saturated carbocycles. The van der Waals surface area contributed by atoms with E-state index >= 15 is 0 Å². The summed E-state index contributed by atoms with van der Waals surface area (Å²) < 4.78 is 11.1. The van der Waals surface area contributed by atoms with Gasteiger partial charge in [-0.2, -0.15) is 0 Å². The Morgan fingerprint density at radius 1 is 1.00 bits per heavy atom. The Labute approximate surface area is 139 Å². The van der Waals surface area contributed by atoms with Gasteiger partial charge in [0.2, 0.25) is 0 Å². The summed E-state index contributed by atoms with van der Waals surface area (Å²) in [4.78, 5) is 11.4. The number of anilines is 2. The maximum Gasteiger partial charge on any atom is 0.296 e. The maximum atomic E-state index is 11.6. The largest absolute Gasteiger partial charge is 0.486 e. The molecule has 6 nitrogen and oxygen atoms in total. The van der Waals surface area contributed by atoms with Gasteiger partial charge in [-0.15, -0.1) is 0 Å². The third-order valence-electron chi connectivity index (χ3n) is 4.51. The van der Waals surface area contributed by atoms with Gasteiger partial charge in [0.25, 0.3) is 5.69 Å². The first-order valence-corrected chi connectivity index (χ1v) is 8.18. The van der Waals surface area contributed by atoms with Crippen molar-refractivity contribution in [3.63, 3.8) is 0 Å². The van der Waals surface area contributed by atoms with E-state index in [9.17, 15) is 10.1 Å². The number of benzene rings is 2. The lowest BCUT2D eigenvalue weighted by molar-refractivity contribution is -0.384. The van der Waals surface area contributed by atoms with Gasteiger partial charge in [-0.3, -0.25) is 10.1 Å². The SMILES string of the molecule is O=[N+]([O-])c1c(Nc2ccc3c(c2)OCCO3)ccc2c1CCCC2. The molecule has 2 aliphatic rings. The van der Waals surface area contributed by atoms with Crippen molar-refractivity contribution in [2.24, 2.45) is 0 Å². The summed E-state index contributed by atoms with van der Waals surface area (Å²) in [7, 11) is 0. The summed E-state index contributed by atoms with van der Waals surface area (Å²) in [6.45, 7) is 1.05. The van der Waals surface area contributed by atoms with Crippen molar-refractivity contribution in [1.82, 2.24) is 0 Å². The summed E-state index contributed by atoms with van der Waals surface area (Å²) in [6, 6.07) is 9.29. The summed E-state index contributed by atoms with van der Waals surface area (Å²) in [6.07, 6.45) is 3.78. The molecule has 1 heterocycles. The second kappa shape index (κ2) is 6.03. The van der Waals surface area contributed by atoms with E-state index in [0.717, 1.165) is 42.5 Å². The monoisotopic (exact) mass is 326 g/mol. The first-order chi connectivity index (χ1) is 11.7. The Morgan fingerprint density at radius 2 is 1.79 bits per heavy atom. The molecule has 24 heavy (non-hydrogen) atoms. The second-order valence-corrected chi connectivity index (χ2v) is 6.05. The zero-order valence-electron chi connectivity index (χ0n) is 13.2. The molecule has 0 amide bonds. The fourth-order valence-corrected chi connectivity index (χ4v) is 3.39. The van der Waals surface area contributed by atoms with Gasteiger partial charge in [0.05, 0.1) is 4.92 Å². The predicted molar refractivity (Wildman–Crippen MR) is 90.5 cm³/mol. The van der Waals surface area contributed by atoms with E-state index in [1.807, 2.05) is 24.3 Å². The highest BCUT2D eigenvalue weighted by Crippen LogP contribution is 2.39. The molecular formula is C18H18N2O4. The quantitative estimate of drug-likeness (QED) is 0.682. The van der Waals surface area contributed by atoms with E-state index in [0.29, 0.717) is 30.4 Å². The number of aryl methyl sites for hydroxylation is 1. The number of hydrogen-bond donors (Lipinski definition) is 1. The standard InChI is InChI=1S/C18H18N2O4/c21-20(22)18-14-4-2-1-3-12(14)5-7-15(18)19-13-6-8-16-17(11-13)24-10-9-23-16/h5-8,11,19H,1-4,9-10H2. The van der Waals surface area contributed by atoms with Crippen molar-refractivity contribution in [3.8, 4) is 11.5 Å². The van der Waals surface area contributed by atoms with Gasteiger partial charge in [0.1, 0.15) is 18.9 Å². The minimum Gasteiger partial charge on any atom is -0.486 e. The van der Waals surface area contributed by atoms with Gasteiger partial charge in [-0.25, -0.2) is 0 Å². The maximum absolute atomic E-state index is 11.6. The van der Waals surface area contributed by atoms with Gasteiger partial charge < -0.3 is 14.8 Å². The average Bonchev–Trinajstić information content (AvgIpc) is 2.61. The highest BCUT2D eigenvalue weighted by molar-refractivity contribution is 5.74. The van der Waals surface area contributed by atoms with E-state index in [4.69, 9.17) is 9.47 Å². The lowest BCUT2D eigenvalue weighted by Gasteiger charge is -2.20. The van der Waals surface area contributed by atoms with Crippen LogP contribution in [-0.2, 0) is 12.8 Å². The zero-order valence-corrected chi connectivity index (χ0v) is 13.2. The van der Waals surface area contributed by atoms with Crippen LogP contribution in [-0.4, -0.2) is 18.1 Å². The zero-order chi connectivity index (χ0) is 16.5. The fraction of sp³-hybridized carbons (Fsp3) is 0.333. The molecule has 124 valence electrons. The highest BCUT2D eigenvalue weighted by Gasteiger charge is 2.25. The third-order valence-corrected chi connectivity index (χ3v) is 4.51. The number of nitrogens with one attached hydrogen (secondary N) is 1. The van der Waals surface area contributed by atoms with E-state index in [1.165, 1.54) is 0 Å². The van der Waals surface area contributed by atoms with Gasteiger partial charge >= 0.3 is 0 Å². The molecule has 1 N–H and O–H groups in total. The van der Waals surface area contributed by atoms with Crippen LogP contribution in [0.4, 0.5) is 17.1 Å². The molecule has 0 bridgehead atoms. The normalized spacial score (nSPS) is 15.5. The van der Waals surface area contributed by atoms with Gasteiger partial charge in [-0.05, 0) is 49.4 Å². The minimum absolute atomic E-state index is 0.196. The van der Waals surface area contributed by atoms with Crippen molar-refractivity contribution in [3.05, 3.63) is 51.6 Å². The molecule has 0 unspecified atom stereocenters. The molecular weight excluding hydrogens is 308 g/mol. The molecule has 1 aliphatic carbocycles. The van der Waals surface area contributed by atoms with Crippen LogP contribution in [0.5, 0.6) is 11.5 Å². The van der Waals surface area contributed by atoms with Gasteiger partial charge in [-0.1, -0.05) is 6.07 Å². The number of nitrogens with zero attached hydrogens (tertiary/aromatic N) is 1. The number of nitro benzene ring substituents is 1. The van der Waals surface area contributed by atoms with Crippen LogP contribution in [0.3, 0.4) is 0 Å². The number of nitro groups is 1. The van der Waals surface area contributed by atoms with Crippen LogP contribution in [0.2, 0.25) is 0 Å². The number of hydrogen-bond acceptors (Lipinski definition) is 5. The Bertz CT molecular complexity index is 804. The first kappa shape index (κ1) is 14.8. The van der Waals surface area contributed by atoms with E-state index in [1.54, 1.807) is 6.07 Å². The van der Waals surface area contributed by atoms with Gasteiger partial charge in [0, 0.05) is 17.3 Å². The van der Waals surface area contributed by atoms with Crippen LogP contribution in [0.1, 0.15) is 24.0 Å². The van der Waals surface area contributed by atoms with Crippen LogP contribution in [0.15, 0.2) is 30.3 Å². The molecule has 1 aliphatic heterocycles. The first-order valence-electron chi connectivity index (χ1n) is 8.18. The van der Waals surface area contributed by atoms with E-state index < -0.39 is 0 Å². The topological polar surface area (TPSA) is 73.6 Å². The molecule has 0 atom stereocenters. The van der Waals surface area contributed by atoms with Crippen LogP contribution in [0.25, 0.3) is 0 Å². The lowest BCUT2D eigenvalue weighted by atomic mass is 9.90. The summed E-state index contributed by atoms with van der Waals surface area (Å²) in [5, 5.41) is 14.8. The smallest absolute Gasteiger partial charge is 0.296 e. The van der Waals surface area contributed by atoms with Crippen molar-refractivity contribution >= 4 is 17.1 Å². The number of fused-ring (bicyclic) bond motifs is 2. The molecule has 4 rings (SSSR count). The summed E-state index contributed by atoms with van der Waals surface area (Å²) >= 11 is 0. The Balaban J connectivity index is 1.70. The van der Waals surface area contributed by atoms with Gasteiger partial charge in [0.15, 0.2) is 11.5 Å². The highest BCUT2D eigenvalue weighted by atomic mass is 16.6. The van der Waals surface area contributed by atoms with E-state index in [-0.39, 0.29) is 10.6 Å². The Morgan fingerprint density at radius 3 is 2.62 bits per heavy atom.